The summed E-state index contributed by atoms with van der Waals surface area (Å²) in [6, 6.07) is 15.5. The molecule has 8 heteroatoms. The molecule has 0 bridgehead atoms. The number of nitrogens with one attached hydrogen (secondary N) is 1. The molecule has 3 rings (SSSR count). The van der Waals surface area contributed by atoms with Crippen molar-refractivity contribution >= 4 is 38.8 Å². The predicted molar refractivity (Wildman–Crippen MR) is 115 cm³/mol. The van der Waals surface area contributed by atoms with Crippen LogP contribution in [0.25, 0.3) is 11.1 Å². The Morgan fingerprint density at radius 3 is 2.54 bits per heavy atom. The maximum absolute atomic E-state index is 13.3. The maximum Gasteiger partial charge on any atom is 0.208 e. The maximum atomic E-state index is 13.3. The highest BCUT2D eigenvalue weighted by atomic mass is 32.2. The minimum Gasteiger partial charge on any atom is -0.389 e. The van der Waals surface area contributed by atoms with Gasteiger partial charge in [-0.15, -0.1) is 23.1 Å². The van der Waals surface area contributed by atoms with Crippen LogP contribution in [-0.4, -0.2) is 25.6 Å². The van der Waals surface area contributed by atoms with Crippen LogP contribution in [0.1, 0.15) is 23.5 Å². The Hall–Kier alpha value is -2.13. The molecule has 1 heterocycles. The van der Waals surface area contributed by atoms with Gasteiger partial charge in [0.05, 0.1) is 25.0 Å². The van der Waals surface area contributed by atoms with Crippen LogP contribution < -0.4 is 5.73 Å². The lowest BCUT2D eigenvalue weighted by Gasteiger charge is -2.13. The van der Waals surface area contributed by atoms with Gasteiger partial charge in [0.1, 0.15) is 5.84 Å². The van der Waals surface area contributed by atoms with E-state index in [4.69, 9.17) is 11.1 Å². The number of thioether (sulfide) groups is 1. The Labute approximate surface area is 172 Å². The van der Waals surface area contributed by atoms with Crippen molar-refractivity contribution in [3.8, 4) is 11.1 Å². The van der Waals surface area contributed by atoms with Crippen LogP contribution in [0.5, 0.6) is 0 Å². The van der Waals surface area contributed by atoms with Crippen molar-refractivity contribution in [2.45, 2.75) is 27.0 Å². The summed E-state index contributed by atoms with van der Waals surface area (Å²) in [5.74, 6) is -0.152. The summed E-state index contributed by atoms with van der Waals surface area (Å²) in [5.41, 5.74) is 7.78. The molecule has 4 N–H and O–H groups in total. The normalized spacial score (nSPS) is 12.7. The summed E-state index contributed by atoms with van der Waals surface area (Å²) in [6.07, 6.45) is 1.12. The topological polar surface area (TPSA) is 104 Å². The van der Waals surface area contributed by atoms with Crippen LogP contribution in [0.3, 0.4) is 0 Å². The van der Waals surface area contributed by atoms with Gasteiger partial charge in [-0.3, -0.25) is 5.41 Å². The molecule has 0 saturated carbocycles. The average Bonchev–Trinajstić information content (AvgIpc) is 3.14. The first kappa shape index (κ1) is 20.6. The van der Waals surface area contributed by atoms with Gasteiger partial charge in [-0.1, -0.05) is 36.4 Å². The predicted octanol–water partition coefficient (Wildman–Crippen LogP) is 4.31. The lowest BCUT2D eigenvalue weighted by molar-refractivity contribution is 0.200. The zero-order chi connectivity index (χ0) is 20.5. The molecular formula is C20H20N2O3S3. The fourth-order valence-electron chi connectivity index (χ4n) is 2.90. The minimum absolute atomic E-state index is 0.152. The van der Waals surface area contributed by atoms with E-state index >= 15 is 0 Å². The standard InChI is InChI=1S/C20H20N2O3S3/c1-12(23)15-8-3-4-9-16(15)13-6-5-7-14(10-13)28(24,25)18-11-17(19(21)22)27-20(18)26-2/h3-12,23H,1-2H3,(H3,21,22). The van der Waals surface area contributed by atoms with Gasteiger partial charge >= 0.3 is 0 Å². The van der Waals surface area contributed by atoms with E-state index in [0.29, 0.717) is 14.6 Å². The number of aliphatic hydroxyl groups is 1. The van der Waals surface area contributed by atoms with E-state index in [0.717, 1.165) is 11.1 Å². The van der Waals surface area contributed by atoms with Crippen LogP contribution >= 0.6 is 23.1 Å². The number of benzene rings is 2. The van der Waals surface area contributed by atoms with E-state index in [1.165, 1.54) is 29.2 Å². The molecule has 28 heavy (non-hydrogen) atoms. The number of thiophene rings is 1. The molecule has 0 aliphatic heterocycles. The van der Waals surface area contributed by atoms with Crippen molar-refractivity contribution in [3.63, 3.8) is 0 Å². The second-order valence-corrected chi connectivity index (χ2v) is 10.2. The molecule has 0 fully saturated rings. The Morgan fingerprint density at radius 1 is 1.18 bits per heavy atom. The lowest BCUT2D eigenvalue weighted by atomic mass is 9.97. The molecule has 0 aliphatic rings. The molecule has 0 radical (unpaired) electrons. The number of sulfone groups is 1. The molecule has 1 unspecified atom stereocenters. The van der Waals surface area contributed by atoms with Gasteiger partial charge in [-0.2, -0.15) is 0 Å². The van der Waals surface area contributed by atoms with E-state index < -0.39 is 15.9 Å². The molecule has 0 aliphatic carbocycles. The van der Waals surface area contributed by atoms with E-state index in [9.17, 15) is 13.5 Å². The molecule has 146 valence electrons. The number of amidine groups is 1. The second kappa shape index (κ2) is 8.08. The first-order chi connectivity index (χ1) is 13.3. The smallest absolute Gasteiger partial charge is 0.208 e. The van der Waals surface area contributed by atoms with E-state index in [1.54, 1.807) is 31.4 Å². The van der Waals surface area contributed by atoms with Crippen molar-refractivity contribution in [2.75, 3.05) is 6.26 Å². The lowest BCUT2D eigenvalue weighted by Crippen LogP contribution is -2.08. The summed E-state index contributed by atoms with van der Waals surface area (Å²) in [5, 5.41) is 17.6. The van der Waals surface area contributed by atoms with Gasteiger partial charge in [0.25, 0.3) is 0 Å². The first-order valence-electron chi connectivity index (χ1n) is 8.40. The highest BCUT2D eigenvalue weighted by Crippen LogP contribution is 2.38. The number of nitrogens with two attached hydrogens (primary N) is 1. The first-order valence-corrected chi connectivity index (χ1v) is 11.9. The van der Waals surface area contributed by atoms with Crippen molar-refractivity contribution in [3.05, 3.63) is 65.0 Å². The summed E-state index contributed by atoms with van der Waals surface area (Å²) >= 11 is 2.51. The van der Waals surface area contributed by atoms with E-state index in [-0.39, 0.29) is 15.6 Å². The highest BCUT2D eigenvalue weighted by Gasteiger charge is 2.25. The third kappa shape index (κ3) is 3.86. The zero-order valence-corrected chi connectivity index (χ0v) is 17.8. The van der Waals surface area contributed by atoms with Crippen LogP contribution in [-0.2, 0) is 9.84 Å². The van der Waals surface area contributed by atoms with Gasteiger partial charge in [-0.25, -0.2) is 8.42 Å². The molecule has 2 aromatic carbocycles. The summed E-state index contributed by atoms with van der Waals surface area (Å²) < 4.78 is 27.2. The van der Waals surface area contributed by atoms with E-state index in [1.807, 2.05) is 30.3 Å². The van der Waals surface area contributed by atoms with Gasteiger partial charge in [0, 0.05) is 0 Å². The Kier molecular flexibility index (Phi) is 5.95. The molecular weight excluding hydrogens is 412 g/mol. The van der Waals surface area contributed by atoms with Crippen molar-refractivity contribution in [2.24, 2.45) is 5.73 Å². The third-order valence-electron chi connectivity index (χ3n) is 4.27. The second-order valence-electron chi connectivity index (χ2n) is 6.17. The summed E-state index contributed by atoms with van der Waals surface area (Å²) in [4.78, 5) is 0.753. The fourth-order valence-corrected chi connectivity index (χ4v) is 6.80. The zero-order valence-electron chi connectivity index (χ0n) is 15.3. The summed E-state index contributed by atoms with van der Waals surface area (Å²) in [6.45, 7) is 1.68. The van der Waals surface area contributed by atoms with Gasteiger partial charge in [0.2, 0.25) is 9.84 Å². The van der Waals surface area contributed by atoms with Gasteiger partial charge in [0.15, 0.2) is 0 Å². The molecule has 1 atom stereocenters. The quantitative estimate of drug-likeness (QED) is 0.306. The Morgan fingerprint density at radius 2 is 1.89 bits per heavy atom. The number of hydrogen-bond donors (Lipinski definition) is 3. The van der Waals surface area contributed by atoms with Crippen LogP contribution in [0.4, 0.5) is 0 Å². The SMILES string of the molecule is CSc1sc(C(=N)N)cc1S(=O)(=O)c1cccc(-c2ccccc2C(C)O)c1. The molecule has 5 nitrogen and oxygen atoms in total. The van der Waals surface area contributed by atoms with E-state index in [2.05, 4.69) is 0 Å². The van der Waals surface area contributed by atoms with Crippen LogP contribution in [0, 0.1) is 5.41 Å². The van der Waals surface area contributed by atoms with Crippen molar-refractivity contribution < 1.29 is 13.5 Å². The Bertz CT molecular complexity index is 1140. The largest absolute Gasteiger partial charge is 0.389 e. The number of aliphatic hydroxyl groups excluding tert-OH is 1. The van der Waals surface area contributed by atoms with Gasteiger partial charge in [-0.05, 0) is 48.1 Å². The third-order valence-corrected chi connectivity index (χ3v) is 8.61. The molecule has 0 saturated heterocycles. The monoisotopic (exact) mass is 432 g/mol. The highest BCUT2D eigenvalue weighted by molar-refractivity contribution is 8.01. The summed E-state index contributed by atoms with van der Waals surface area (Å²) in [7, 11) is -3.78. The van der Waals surface area contributed by atoms with Crippen molar-refractivity contribution in [1.29, 1.82) is 5.41 Å². The fraction of sp³-hybridized carbons (Fsp3) is 0.150. The number of nitrogen functional groups attached to an aromatic ring is 1. The molecule has 3 aromatic rings. The van der Waals surface area contributed by atoms with Crippen LogP contribution in [0.15, 0.2) is 68.6 Å². The Balaban J connectivity index is 2.14. The number of rotatable bonds is 6. The van der Waals surface area contributed by atoms with Crippen molar-refractivity contribution in [1.82, 2.24) is 0 Å². The van der Waals surface area contributed by atoms with Gasteiger partial charge < -0.3 is 10.8 Å². The van der Waals surface area contributed by atoms with Crippen LogP contribution in [0.2, 0.25) is 0 Å². The molecule has 0 amide bonds. The molecule has 1 aromatic heterocycles. The minimum atomic E-state index is -3.78. The number of hydrogen-bond acceptors (Lipinski definition) is 6. The molecule has 0 spiro atoms. The average molecular weight is 433 g/mol.